The monoisotopic (exact) mass is 347 g/mol. The summed E-state index contributed by atoms with van der Waals surface area (Å²) in [6.45, 7) is 3.88. The van der Waals surface area contributed by atoms with Crippen LogP contribution in [0.3, 0.4) is 0 Å². The molecule has 1 saturated heterocycles. The van der Waals surface area contributed by atoms with E-state index in [9.17, 15) is 9.59 Å². The van der Waals surface area contributed by atoms with Crippen LogP contribution < -0.4 is 10.2 Å². The Labute approximate surface area is 153 Å². The number of hydrogen-bond donors (Lipinski definition) is 1. The summed E-state index contributed by atoms with van der Waals surface area (Å²) < 4.78 is 0. The minimum absolute atomic E-state index is 0.144. The molecule has 0 atom stereocenters. The van der Waals surface area contributed by atoms with Crippen LogP contribution in [-0.4, -0.2) is 36.5 Å². The van der Waals surface area contributed by atoms with E-state index in [-0.39, 0.29) is 18.5 Å². The predicted octanol–water partition coefficient (Wildman–Crippen LogP) is 2.80. The van der Waals surface area contributed by atoms with Crippen molar-refractivity contribution in [2.75, 3.05) is 24.5 Å². The summed E-state index contributed by atoms with van der Waals surface area (Å²) in [5.41, 5.74) is 3.42. The summed E-state index contributed by atoms with van der Waals surface area (Å²) >= 11 is 0. The van der Waals surface area contributed by atoms with Crippen LogP contribution in [0.5, 0.6) is 0 Å². The molecule has 2 aromatic rings. The van der Waals surface area contributed by atoms with E-state index in [4.69, 9.17) is 6.42 Å². The largest absolute Gasteiger partial charge is 0.336 e. The van der Waals surface area contributed by atoms with Crippen LogP contribution in [0.2, 0.25) is 0 Å². The average molecular weight is 347 g/mol. The van der Waals surface area contributed by atoms with Crippen LogP contribution in [-0.2, 0) is 6.54 Å². The van der Waals surface area contributed by atoms with Crippen molar-refractivity contribution in [1.82, 2.24) is 10.2 Å². The smallest absolute Gasteiger partial charge is 0.321 e. The van der Waals surface area contributed by atoms with E-state index in [1.54, 1.807) is 28.0 Å². The lowest BCUT2D eigenvalue weighted by Gasteiger charge is -2.22. The van der Waals surface area contributed by atoms with Crippen molar-refractivity contribution in [2.45, 2.75) is 13.5 Å². The lowest BCUT2D eigenvalue weighted by Crippen LogP contribution is -2.31. The summed E-state index contributed by atoms with van der Waals surface area (Å²) in [7, 11) is 0. The van der Waals surface area contributed by atoms with Gasteiger partial charge in [-0.2, -0.15) is 0 Å². The Bertz CT molecular complexity index is 852. The normalized spacial score (nSPS) is 13.2. The second-order valence-electron chi connectivity index (χ2n) is 6.28. The molecule has 3 amide bonds. The van der Waals surface area contributed by atoms with Gasteiger partial charge in [-0.3, -0.25) is 9.69 Å². The van der Waals surface area contributed by atoms with Crippen molar-refractivity contribution in [2.24, 2.45) is 0 Å². The number of urea groups is 1. The van der Waals surface area contributed by atoms with Crippen molar-refractivity contribution in [3.63, 3.8) is 0 Å². The zero-order valence-corrected chi connectivity index (χ0v) is 14.7. The van der Waals surface area contributed by atoms with Crippen molar-refractivity contribution in [3.8, 4) is 12.3 Å². The predicted molar refractivity (Wildman–Crippen MR) is 102 cm³/mol. The molecule has 1 N–H and O–H groups in total. The summed E-state index contributed by atoms with van der Waals surface area (Å²) in [6, 6.07) is 15.0. The molecule has 0 aliphatic carbocycles. The zero-order chi connectivity index (χ0) is 18.5. The van der Waals surface area contributed by atoms with Crippen molar-refractivity contribution < 1.29 is 9.59 Å². The molecular formula is C21H21N3O2. The average Bonchev–Trinajstić information content (AvgIpc) is 3.08. The molecule has 5 heteroatoms. The maximum atomic E-state index is 13.0. The van der Waals surface area contributed by atoms with Crippen molar-refractivity contribution >= 4 is 17.6 Å². The quantitative estimate of drug-likeness (QED) is 0.846. The molecule has 1 fully saturated rings. The molecule has 0 spiro atoms. The van der Waals surface area contributed by atoms with Crippen LogP contribution >= 0.6 is 0 Å². The lowest BCUT2D eigenvalue weighted by molar-refractivity contribution is 0.0765. The van der Waals surface area contributed by atoms with Gasteiger partial charge in [-0.1, -0.05) is 41.8 Å². The van der Waals surface area contributed by atoms with E-state index in [0.717, 1.165) is 5.56 Å². The number of aryl methyl sites for hydroxylation is 1. The number of rotatable bonds is 5. The van der Waals surface area contributed by atoms with Crippen molar-refractivity contribution in [1.29, 1.82) is 0 Å². The molecule has 0 bridgehead atoms. The topological polar surface area (TPSA) is 52.7 Å². The molecule has 1 aliphatic heterocycles. The van der Waals surface area contributed by atoms with Crippen LogP contribution in [0.1, 0.15) is 21.5 Å². The molecule has 0 unspecified atom stereocenters. The summed E-state index contributed by atoms with van der Waals surface area (Å²) in [5.74, 6) is 2.41. The number of anilines is 1. The van der Waals surface area contributed by atoms with Gasteiger partial charge >= 0.3 is 6.03 Å². The second kappa shape index (κ2) is 7.75. The number of nitrogens with zero attached hydrogens (tertiary/aromatic N) is 2. The Morgan fingerprint density at radius 1 is 1.27 bits per heavy atom. The molecule has 1 heterocycles. The summed E-state index contributed by atoms with van der Waals surface area (Å²) in [4.78, 5) is 28.1. The molecule has 5 nitrogen and oxygen atoms in total. The molecule has 0 radical (unpaired) electrons. The number of carbonyl (C=O) groups excluding carboxylic acids is 2. The number of amides is 3. The molecule has 132 valence electrons. The Hall–Kier alpha value is -3.26. The molecule has 0 aromatic heterocycles. The first-order valence-electron chi connectivity index (χ1n) is 8.52. The van der Waals surface area contributed by atoms with Gasteiger partial charge in [0, 0.05) is 30.9 Å². The van der Waals surface area contributed by atoms with E-state index < -0.39 is 0 Å². The minimum Gasteiger partial charge on any atom is -0.336 e. The summed E-state index contributed by atoms with van der Waals surface area (Å²) in [5, 5.41) is 2.76. The molecule has 3 rings (SSSR count). The van der Waals surface area contributed by atoms with Gasteiger partial charge in [0.25, 0.3) is 5.91 Å². The van der Waals surface area contributed by atoms with E-state index in [1.807, 2.05) is 37.3 Å². The zero-order valence-electron chi connectivity index (χ0n) is 14.7. The molecule has 2 aromatic carbocycles. The van der Waals surface area contributed by atoms with Gasteiger partial charge in [0.05, 0.1) is 6.54 Å². The standard InChI is InChI=1S/C21H21N3O2/c1-3-12-23(15-17-9-7-16(2)8-10-17)20(25)18-5-4-6-19(14-18)24-13-11-22-21(24)26/h1,4-10,14H,11-13,15H2,2H3,(H,22,26). The maximum Gasteiger partial charge on any atom is 0.321 e. The Morgan fingerprint density at radius 3 is 2.69 bits per heavy atom. The van der Waals surface area contributed by atoms with Crippen LogP contribution in [0.15, 0.2) is 48.5 Å². The lowest BCUT2D eigenvalue weighted by atomic mass is 10.1. The summed E-state index contributed by atoms with van der Waals surface area (Å²) in [6.07, 6.45) is 5.47. The highest BCUT2D eigenvalue weighted by atomic mass is 16.2. The Kier molecular flexibility index (Phi) is 5.23. The van der Waals surface area contributed by atoms with Gasteiger partial charge < -0.3 is 10.2 Å². The number of benzene rings is 2. The first-order valence-corrected chi connectivity index (χ1v) is 8.52. The van der Waals surface area contributed by atoms with E-state index >= 15 is 0 Å². The molecule has 26 heavy (non-hydrogen) atoms. The highest BCUT2D eigenvalue weighted by Gasteiger charge is 2.23. The maximum absolute atomic E-state index is 13.0. The van der Waals surface area contributed by atoms with E-state index in [2.05, 4.69) is 11.2 Å². The highest BCUT2D eigenvalue weighted by Crippen LogP contribution is 2.20. The SMILES string of the molecule is C#CCN(Cc1ccc(C)cc1)C(=O)c1cccc(N2CCNC2=O)c1. The van der Waals surface area contributed by atoms with Gasteiger partial charge in [-0.05, 0) is 30.7 Å². The van der Waals surface area contributed by atoms with Gasteiger partial charge in [-0.25, -0.2) is 4.79 Å². The molecule has 0 saturated carbocycles. The number of terminal acetylenes is 1. The van der Waals surface area contributed by atoms with Gasteiger partial charge in [-0.15, -0.1) is 6.42 Å². The third kappa shape index (κ3) is 3.86. The fourth-order valence-electron chi connectivity index (χ4n) is 2.93. The van der Waals surface area contributed by atoms with E-state index in [1.165, 1.54) is 5.56 Å². The second-order valence-corrected chi connectivity index (χ2v) is 6.28. The van der Waals surface area contributed by atoms with Gasteiger partial charge in [0.2, 0.25) is 0 Å². The number of hydrogen-bond acceptors (Lipinski definition) is 2. The third-order valence-electron chi connectivity index (χ3n) is 4.32. The van der Waals surface area contributed by atoms with Crippen LogP contribution in [0.25, 0.3) is 0 Å². The van der Waals surface area contributed by atoms with Gasteiger partial charge in [0.1, 0.15) is 0 Å². The fourth-order valence-corrected chi connectivity index (χ4v) is 2.93. The third-order valence-corrected chi connectivity index (χ3v) is 4.32. The highest BCUT2D eigenvalue weighted by molar-refractivity contribution is 5.98. The van der Waals surface area contributed by atoms with Gasteiger partial charge in [0.15, 0.2) is 0 Å². The first-order chi connectivity index (χ1) is 12.6. The Morgan fingerprint density at radius 2 is 2.04 bits per heavy atom. The number of carbonyl (C=O) groups is 2. The van der Waals surface area contributed by atoms with Crippen LogP contribution in [0.4, 0.5) is 10.5 Å². The minimum atomic E-state index is -0.148. The molecule has 1 aliphatic rings. The molecular weight excluding hydrogens is 326 g/mol. The Balaban J connectivity index is 1.81. The van der Waals surface area contributed by atoms with Crippen molar-refractivity contribution in [3.05, 3.63) is 65.2 Å². The van der Waals surface area contributed by atoms with E-state index in [0.29, 0.717) is 30.9 Å². The fraction of sp³-hybridized carbons (Fsp3) is 0.238. The number of nitrogens with one attached hydrogen (secondary N) is 1. The van der Waals surface area contributed by atoms with Crippen LogP contribution in [0, 0.1) is 19.3 Å². The first kappa shape index (κ1) is 17.6.